The lowest BCUT2D eigenvalue weighted by molar-refractivity contribution is -0.140. The Morgan fingerprint density at radius 2 is 1.49 bits per heavy atom. The number of benzene rings is 4. The Bertz CT molecular complexity index is 1680. The van der Waals surface area contributed by atoms with Crippen LogP contribution in [0.25, 0.3) is 0 Å². The number of nitrogens with one attached hydrogen (secondary N) is 1. The molecule has 0 aliphatic rings. The van der Waals surface area contributed by atoms with Crippen molar-refractivity contribution >= 4 is 50.7 Å². The van der Waals surface area contributed by atoms with Crippen LogP contribution in [0.4, 0.5) is 5.69 Å². The molecule has 4 rings (SSSR count). The van der Waals surface area contributed by atoms with E-state index in [1.54, 1.807) is 60.7 Å². The number of hydrogen-bond donors (Lipinski definition) is 1. The summed E-state index contributed by atoms with van der Waals surface area (Å²) in [4.78, 5) is 29.7. The molecule has 0 saturated carbocycles. The molecule has 4 aromatic carbocycles. The van der Waals surface area contributed by atoms with Crippen molar-refractivity contribution in [2.45, 2.75) is 50.6 Å². The van der Waals surface area contributed by atoms with Crippen LogP contribution in [0.15, 0.2) is 108 Å². The predicted octanol–water partition coefficient (Wildman–Crippen LogP) is 7.05. The van der Waals surface area contributed by atoms with Gasteiger partial charge in [-0.05, 0) is 66.9 Å². The second-order valence-corrected chi connectivity index (χ2v) is 13.5. The van der Waals surface area contributed by atoms with Crippen LogP contribution in [0.3, 0.4) is 0 Å². The van der Waals surface area contributed by atoms with Gasteiger partial charge in [0.1, 0.15) is 12.6 Å². The van der Waals surface area contributed by atoms with Gasteiger partial charge in [-0.25, -0.2) is 8.42 Å². The number of sulfonamides is 1. The van der Waals surface area contributed by atoms with E-state index in [-0.39, 0.29) is 29.5 Å². The number of aryl methyl sites for hydroxylation is 1. The van der Waals surface area contributed by atoms with Gasteiger partial charge in [-0.2, -0.15) is 0 Å². The molecule has 0 saturated heterocycles. The van der Waals surface area contributed by atoms with Gasteiger partial charge in [-0.1, -0.05) is 103 Å². The summed E-state index contributed by atoms with van der Waals surface area (Å²) in [5, 5.41) is 3.83. The standard InChI is InChI=1S/C35H37Cl2N3O4S/c1-3-4-22-38-35(42)33(23-27-10-6-5-7-11-27)39(24-28-12-8-9-13-32(28)37)34(41)25-40(30-18-16-29(36)17-19-30)45(43,44)31-20-14-26(2)15-21-31/h5-21,33H,3-4,22-25H2,1-2H3,(H,38,42)/t33-/m0/s1. The normalized spacial score (nSPS) is 11.9. The Morgan fingerprint density at radius 1 is 0.844 bits per heavy atom. The number of halogens is 2. The average Bonchev–Trinajstić information content (AvgIpc) is 3.03. The number of carbonyl (C=O) groups excluding carboxylic acids is 2. The minimum Gasteiger partial charge on any atom is -0.354 e. The lowest BCUT2D eigenvalue weighted by atomic mass is 10.0. The van der Waals surface area contributed by atoms with Crippen LogP contribution in [-0.4, -0.2) is 44.3 Å². The minimum absolute atomic E-state index is 0.00373. The van der Waals surface area contributed by atoms with Gasteiger partial charge in [-0.3, -0.25) is 13.9 Å². The summed E-state index contributed by atoms with van der Waals surface area (Å²) in [5.41, 5.74) is 2.64. The number of rotatable bonds is 14. The van der Waals surface area contributed by atoms with E-state index in [0.717, 1.165) is 28.3 Å². The summed E-state index contributed by atoms with van der Waals surface area (Å²) in [6, 6.07) is 28.3. The van der Waals surface area contributed by atoms with Crippen LogP contribution in [0.1, 0.15) is 36.5 Å². The van der Waals surface area contributed by atoms with Gasteiger partial charge in [-0.15, -0.1) is 0 Å². The predicted molar refractivity (Wildman–Crippen MR) is 181 cm³/mol. The highest BCUT2D eigenvalue weighted by molar-refractivity contribution is 7.92. The monoisotopic (exact) mass is 665 g/mol. The highest BCUT2D eigenvalue weighted by atomic mass is 35.5. The zero-order valence-corrected chi connectivity index (χ0v) is 27.7. The molecule has 2 amide bonds. The summed E-state index contributed by atoms with van der Waals surface area (Å²) in [6.45, 7) is 3.78. The van der Waals surface area contributed by atoms with Gasteiger partial charge in [0, 0.05) is 29.6 Å². The van der Waals surface area contributed by atoms with Crippen molar-refractivity contribution in [1.82, 2.24) is 10.2 Å². The SMILES string of the molecule is CCCCNC(=O)[C@H](Cc1ccccc1)N(Cc1ccccc1Cl)C(=O)CN(c1ccc(Cl)cc1)S(=O)(=O)c1ccc(C)cc1. The fraction of sp³-hybridized carbons (Fsp3) is 0.257. The van der Waals surface area contributed by atoms with E-state index in [1.165, 1.54) is 17.0 Å². The van der Waals surface area contributed by atoms with E-state index in [9.17, 15) is 18.0 Å². The summed E-state index contributed by atoms with van der Waals surface area (Å²) in [6.07, 6.45) is 1.89. The summed E-state index contributed by atoms with van der Waals surface area (Å²) < 4.78 is 29.2. The molecule has 7 nitrogen and oxygen atoms in total. The molecule has 0 aromatic heterocycles. The molecule has 1 N–H and O–H groups in total. The molecular formula is C35H37Cl2N3O4S. The fourth-order valence-corrected chi connectivity index (χ4v) is 6.58. The molecular weight excluding hydrogens is 629 g/mol. The first-order valence-electron chi connectivity index (χ1n) is 14.8. The molecule has 1 atom stereocenters. The lowest BCUT2D eigenvalue weighted by Gasteiger charge is -2.34. The molecule has 0 radical (unpaired) electrons. The van der Waals surface area contributed by atoms with Crippen molar-refractivity contribution in [3.8, 4) is 0 Å². The quantitative estimate of drug-likeness (QED) is 0.146. The topological polar surface area (TPSA) is 86.8 Å². The van der Waals surface area contributed by atoms with Gasteiger partial charge < -0.3 is 10.2 Å². The summed E-state index contributed by atoms with van der Waals surface area (Å²) in [5.74, 6) is -0.890. The molecule has 10 heteroatoms. The first kappa shape index (κ1) is 34.0. The zero-order valence-electron chi connectivity index (χ0n) is 25.3. The summed E-state index contributed by atoms with van der Waals surface area (Å²) in [7, 11) is -4.20. The molecule has 4 aromatic rings. The molecule has 0 bridgehead atoms. The van der Waals surface area contributed by atoms with Crippen LogP contribution in [0.2, 0.25) is 10.0 Å². The second-order valence-electron chi connectivity index (χ2n) is 10.8. The van der Waals surface area contributed by atoms with Crippen molar-refractivity contribution < 1.29 is 18.0 Å². The third kappa shape index (κ3) is 9.10. The largest absolute Gasteiger partial charge is 0.354 e. The molecule has 0 heterocycles. The number of nitrogens with zero attached hydrogens (tertiary/aromatic N) is 2. The molecule has 45 heavy (non-hydrogen) atoms. The maximum absolute atomic E-state index is 14.5. The van der Waals surface area contributed by atoms with Crippen LogP contribution >= 0.6 is 23.2 Å². The molecule has 0 aliphatic carbocycles. The van der Waals surface area contributed by atoms with Gasteiger partial charge in [0.2, 0.25) is 11.8 Å². The van der Waals surface area contributed by atoms with Crippen LogP contribution in [-0.2, 0) is 32.6 Å². The Kier molecular flexibility index (Phi) is 12.0. The van der Waals surface area contributed by atoms with Crippen molar-refractivity contribution in [3.05, 3.63) is 130 Å². The Hall–Kier alpha value is -3.85. The Balaban J connectivity index is 1.79. The number of amides is 2. The minimum atomic E-state index is -4.20. The number of unbranched alkanes of at least 4 members (excludes halogenated alkanes) is 1. The second kappa shape index (κ2) is 15.9. The number of hydrogen-bond acceptors (Lipinski definition) is 4. The van der Waals surface area contributed by atoms with Crippen LogP contribution in [0.5, 0.6) is 0 Å². The highest BCUT2D eigenvalue weighted by Gasteiger charge is 2.34. The van der Waals surface area contributed by atoms with Gasteiger partial charge >= 0.3 is 0 Å². The Labute approximate surface area is 275 Å². The zero-order chi connectivity index (χ0) is 32.4. The Morgan fingerprint density at radius 3 is 2.13 bits per heavy atom. The number of carbonyl (C=O) groups is 2. The van der Waals surface area contributed by atoms with E-state index < -0.39 is 28.5 Å². The first-order valence-corrected chi connectivity index (χ1v) is 17.0. The van der Waals surface area contributed by atoms with E-state index in [4.69, 9.17) is 23.2 Å². The van der Waals surface area contributed by atoms with E-state index in [0.29, 0.717) is 22.2 Å². The third-order valence-electron chi connectivity index (χ3n) is 7.40. The number of anilines is 1. The van der Waals surface area contributed by atoms with Crippen molar-refractivity contribution in [2.24, 2.45) is 0 Å². The summed E-state index contributed by atoms with van der Waals surface area (Å²) >= 11 is 12.7. The van der Waals surface area contributed by atoms with E-state index >= 15 is 0 Å². The van der Waals surface area contributed by atoms with Crippen LogP contribution < -0.4 is 9.62 Å². The maximum atomic E-state index is 14.5. The lowest BCUT2D eigenvalue weighted by Crippen LogP contribution is -2.53. The van der Waals surface area contributed by atoms with Crippen LogP contribution in [0, 0.1) is 6.92 Å². The molecule has 0 unspecified atom stereocenters. The van der Waals surface area contributed by atoms with Gasteiger partial charge in [0.25, 0.3) is 10.0 Å². The van der Waals surface area contributed by atoms with Gasteiger partial charge in [0.05, 0.1) is 10.6 Å². The first-order chi connectivity index (χ1) is 21.6. The molecule has 0 spiro atoms. The van der Waals surface area contributed by atoms with Crippen molar-refractivity contribution in [1.29, 1.82) is 0 Å². The molecule has 236 valence electrons. The van der Waals surface area contributed by atoms with Gasteiger partial charge in [0.15, 0.2) is 0 Å². The maximum Gasteiger partial charge on any atom is 0.264 e. The van der Waals surface area contributed by atoms with E-state index in [1.807, 2.05) is 44.2 Å². The highest BCUT2D eigenvalue weighted by Crippen LogP contribution is 2.27. The molecule has 0 aliphatic heterocycles. The van der Waals surface area contributed by atoms with Crippen molar-refractivity contribution in [2.75, 3.05) is 17.4 Å². The fourth-order valence-electron chi connectivity index (χ4n) is 4.84. The van der Waals surface area contributed by atoms with E-state index in [2.05, 4.69) is 5.32 Å². The van der Waals surface area contributed by atoms with Crippen molar-refractivity contribution in [3.63, 3.8) is 0 Å². The molecule has 0 fully saturated rings. The third-order valence-corrected chi connectivity index (χ3v) is 9.81. The average molecular weight is 667 g/mol. The smallest absolute Gasteiger partial charge is 0.264 e.